The molecule has 0 atom stereocenters. The van der Waals surface area contributed by atoms with Gasteiger partial charge in [-0.3, -0.25) is 5.10 Å². The van der Waals surface area contributed by atoms with Crippen molar-refractivity contribution in [3.05, 3.63) is 37.3 Å². The zero-order valence-electron chi connectivity index (χ0n) is 7.25. The number of rotatable bonds is 0. The minimum Gasteiger partial charge on any atom is -0.342 e. The van der Waals surface area contributed by atoms with Gasteiger partial charge in [-0.1, -0.05) is 0 Å². The molecule has 0 aliphatic heterocycles. The Kier molecular flexibility index (Phi) is 2.46. The number of imidazole rings is 1. The summed E-state index contributed by atoms with van der Waals surface area (Å²) in [6.45, 7) is 0. The Labute approximate surface area is 79.4 Å². The molecule has 0 aliphatic carbocycles. The largest absolute Gasteiger partial charge is 0.342 e. The van der Waals surface area contributed by atoms with E-state index in [-0.39, 0.29) is 0 Å². The van der Waals surface area contributed by atoms with E-state index >= 15 is 0 Å². The number of nitrogens with zero attached hydrogens (tertiary/aromatic N) is 4. The molecule has 0 saturated carbocycles. The predicted octanol–water partition coefficient (Wildman–Crippen LogP) is 0.763. The Morgan fingerprint density at radius 2 is 2.21 bits per heavy atom. The standard InChI is InChI=1S/C5H4N4.C3H4N2/c1-4-5(8-2-6-1)9-3-7-4;1-2-4-5-3-1/h1-3H,(H,6,7,8,9);1-3H,(H,4,5). The first-order chi connectivity index (χ1) is 6.97. The van der Waals surface area contributed by atoms with Crippen molar-refractivity contribution in [1.29, 1.82) is 0 Å². The van der Waals surface area contributed by atoms with Crippen LogP contribution in [0.4, 0.5) is 0 Å². The van der Waals surface area contributed by atoms with E-state index in [4.69, 9.17) is 0 Å². The van der Waals surface area contributed by atoms with Crippen LogP contribution in [0.25, 0.3) is 11.2 Å². The Morgan fingerprint density at radius 3 is 2.86 bits per heavy atom. The van der Waals surface area contributed by atoms with E-state index < -0.39 is 0 Å². The molecule has 3 aromatic heterocycles. The first-order valence-electron chi connectivity index (χ1n) is 3.99. The third-order valence-corrected chi connectivity index (χ3v) is 1.50. The van der Waals surface area contributed by atoms with Crippen LogP contribution in [0, 0.1) is 0 Å². The maximum absolute atomic E-state index is 3.91. The van der Waals surface area contributed by atoms with E-state index in [0.717, 1.165) is 5.52 Å². The van der Waals surface area contributed by atoms with Gasteiger partial charge in [0.15, 0.2) is 5.65 Å². The Balaban J connectivity index is 0.000000128. The normalized spacial score (nSPS) is 9.43. The van der Waals surface area contributed by atoms with Crippen LogP contribution in [0.1, 0.15) is 0 Å². The topological polar surface area (TPSA) is 83.1 Å². The van der Waals surface area contributed by atoms with Crippen molar-refractivity contribution < 1.29 is 0 Å². The van der Waals surface area contributed by atoms with Gasteiger partial charge in [0, 0.05) is 12.4 Å². The first kappa shape index (κ1) is 8.36. The second-order valence-corrected chi connectivity index (χ2v) is 2.43. The fourth-order valence-electron chi connectivity index (χ4n) is 0.906. The lowest BCUT2D eigenvalue weighted by atomic mass is 10.6. The molecule has 6 heteroatoms. The van der Waals surface area contributed by atoms with Gasteiger partial charge in [0.1, 0.15) is 11.8 Å². The molecular weight excluding hydrogens is 180 g/mol. The molecule has 0 aromatic carbocycles. The average molecular weight is 188 g/mol. The summed E-state index contributed by atoms with van der Waals surface area (Å²) < 4.78 is 0. The van der Waals surface area contributed by atoms with Crippen molar-refractivity contribution in [2.75, 3.05) is 0 Å². The van der Waals surface area contributed by atoms with Crippen molar-refractivity contribution >= 4 is 11.2 Å². The van der Waals surface area contributed by atoms with Gasteiger partial charge in [0.25, 0.3) is 0 Å². The van der Waals surface area contributed by atoms with E-state index in [2.05, 4.69) is 30.1 Å². The van der Waals surface area contributed by atoms with Gasteiger partial charge in [-0.25, -0.2) is 15.0 Å². The smallest absolute Gasteiger partial charge is 0.180 e. The fourth-order valence-corrected chi connectivity index (χ4v) is 0.906. The van der Waals surface area contributed by atoms with Crippen LogP contribution < -0.4 is 0 Å². The molecular formula is C8H8N6. The predicted molar refractivity (Wildman–Crippen MR) is 50.3 cm³/mol. The van der Waals surface area contributed by atoms with Crippen LogP contribution in [0.2, 0.25) is 0 Å². The van der Waals surface area contributed by atoms with Gasteiger partial charge in [0.05, 0.1) is 12.5 Å². The summed E-state index contributed by atoms with van der Waals surface area (Å²) in [6, 6.07) is 1.83. The van der Waals surface area contributed by atoms with Gasteiger partial charge < -0.3 is 4.98 Å². The molecule has 6 nitrogen and oxygen atoms in total. The molecule has 0 radical (unpaired) electrons. The summed E-state index contributed by atoms with van der Waals surface area (Å²) in [6.07, 6.45) is 8.22. The van der Waals surface area contributed by atoms with E-state index in [1.165, 1.54) is 6.33 Å². The Morgan fingerprint density at radius 1 is 1.21 bits per heavy atom. The summed E-state index contributed by atoms with van der Waals surface area (Å²) >= 11 is 0. The number of fused-ring (bicyclic) bond motifs is 1. The van der Waals surface area contributed by atoms with Crippen LogP contribution >= 0.6 is 0 Å². The number of nitrogens with one attached hydrogen (secondary N) is 2. The number of aromatic amines is 2. The van der Waals surface area contributed by atoms with Crippen molar-refractivity contribution in [2.24, 2.45) is 0 Å². The van der Waals surface area contributed by atoms with Gasteiger partial charge in [-0.2, -0.15) is 5.10 Å². The highest BCUT2D eigenvalue weighted by Crippen LogP contribution is 1.99. The van der Waals surface area contributed by atoms with Crippen LogP contribution in [-0.2, 0) is 0 Å². The highest BCUT2D eigenvalue weighted by Gasteiger charge is 1.91. The number of aromatic nitrogens is 6. The first-order valence-corrected chi connectivity index (χ1v) is 3.99. The fraction of sp³-hybridized carbons (Fsp3) is 0. The second-order valence-electron chi connectivity index (χ2n) is 2.43. The van der Waals surface area contributed by atoms with Crippen LogP contribution in [0.3, 0.4) is 0 Å². The monoisotopic (exact) mass is 188 g/mol. The highest BCUT2D eigenvalue weighted by atomic mass is 15.1. The zero-order chi connectivity index (χ0) is 9.64. The maximum atomic E-state index is 3.91. The lowest BCUT2D eigenvalue weighted by Gasteiger charge is -1.80. The molecule has 2 N–H and O–H groups in total. The molecule has 14 heavy (non-hydrogen) atoms. The van der Waals surface area contributed by atoms with Crippen molar-refractivity contribution in [3.8, 4) is 0 Å². The Bertz CT molecular complexity index is 424. The molecule has 0 fully saturated rings. The molecule has 0 saturated heterocycles. The number of H-pyrrole nitrogens is 2. The molecule has 0 unspecified atom stereocenters. The average Bonchev–Trinajstić information content (AvgIpc) is 2.92. The molecule has 0 aliphatic rings. The van der Waals surface area contributed by atoms with E-state index in [1.54, 1.807) is 24.9 Å². The zero-order valence-corrected chi connectivity index (χ0v) is 7.25. The van der Waals surface area contributed by atoms with Gasteiger partial charge in [0.2, 0.25) is 0 Å². The molecule has 0 bridgehead atoms. The summed E-state index contributed by atoms with van der Waals surface area (Å²) in [5.74, 6) is 0. The maximum Gasteiger partial charge on any atom is 0.180 e. The molecule has 3 rings (SSSR count). The van der Waals surface area contributed by atoms with E-state index in [0.29, 0.717) is 5.65 Å². The summed E-state index contributed by atoms with van der Waals surface area (Å²) in [5, 5.41) is 6.21. The van der Waals surface area contributed by atoms with Gasteiger partial charge >= 0.3 is 0 Å². The van der Waals surface area contributed by atoms with Gasteiger partial charge in [-0.15, -0.1) is 0 Å². The van der Waals surface area contributed by atoms with Crippen molar-refractivity contribution in [2.45, 2.75) is 0 Å². The lowest BCUT2D eigenvalue weighted by Crippen LogP contribution is -1.76. The van der Waals surface area contributed by atoms with Crippen LogP contribution in [0.5, 0.6) is 0 Å². The molecule has 0 amide bonds. The third kappa shape index (κ3) is 1.92. The van der Waals surface area contributed by atoms with E-state index in [9.17, 15) is 0 Å². The number of hydrogen-bond donors (Lipinski definition) is 2. The molecule has 0 spiro atoms. The molecule has 3 heterocycles. The summed E-state index contributed by atoms with van der Waals surface area (Å²) in [4.78, 5) is 14.5. The Hall–Kier alpha value is -2.24. The SMILES string of the molecule is c1cn[nH]c1.c1ncc2[nH]cnc2n1. The quantitative estimate of drug-likeness (QED) is 0.545. The summed E-state index contributed by atoms with van der Waals surface area (Å²) in [7, 11) is 0. The van der Waals surface area contributed by atoms with Gasteiger partial charge in [-0.05, 0) is 6.07 Å². The lowest BCUT2D eigenvalue weighted by molar-refractivity contribution is 1.09. The van der Waals surface area contributed by atoms with Crippen LogP contribution in [0.15, 0.2) is 37.3 Å². The van der Waals surface area contributed by atoms with Crippen molar-refractivity contribution in [3.63, 3.8) is 0 Å². The second kappa shape index (κ2) is 4.13. The van der Waals surface area contributed by atoms with E-state index in [1.807, 2.05) is 6.07 Å². The minimum absolute atomic E-state index is 0.713. The minimum atomic E-state index is 0.713. The van der Waals surface area contributed by atoms with Crippen molar-refractivity contribution in [1.82, 2.24) is 30.1 Å². The molecule has 3 aromatic rings. The van der Waals surface area contributed by atoms with Crippen LogP contribution in [-0.4, -0.2) is 30.1 Å². The third-order valence-electron chi connectivity index (χ3n) is 1.50. The molecule has 70 valence electrons. The highest BCUT2D eigenvalue weighted by molar-refractivity contribution is 5.67. The summed E-state index contributed by atoms with van der Waals surface area (Å²) in [5.41, 5.74) is 1.59. The number of hydrogen-bond acceptors (Lipinski definition) is 4.